The van der Waals surface area contributed by atoms with Crippen molar-refractivity contribution in [1.29, 1.82) is 0 Å². The van der Waals surface area contributed by atoms with E-state index in [-0.39, 0.29) is 28.3 Å². The Balaban J connectivity index is 1.15. The number of rotatable bonds is 8. The third kappa shape index (κ3) is 5.10. The molecule has 0 radical (unpaired) electrons. The number of carbonyl (C=O) groups excluding carboxylic acids is 1. The Morgan fingerprint density at radius 2 is 1.85 bits per heavy atom. The van der Waals surface area contributed by atoms with Crippen molar-refractivity contribution in [3.63, 3.8) is 0 Å². The van der Waals surface area contributed by atoms with Gasteiger partial charge in [-0.15, -0.1) is 0 Å². The van der Waals surface area contributed by atoms with Crippen LogP contribution in [-0.2, 0) is 11.8 Å². The first-order valence-electron chi connectivity index (χ1n) is 16.4. The maximum atomic E-state index is 16.8. The van der Waals surface area contributed by atoms with Gasteiger partial charge in [-0.3, -0.25) is 9.48 Å². The molecule has 0 N–H and O–H groups in total. The fourth-order valence-electron chi connectivity index (χ4n) is 7.82. The van der Waals surface area contributed by atoms with Gasteiger partial charge in [0.25, 0.3) is 0 Å². The molecule has 1 spiro atoms. The molecule has 1 amide bonds. The minimum Gasteiger partial charge on any atom is -0.463 e. The first-order valence-corrected chi connectivity index (χ1v) is 16.8. The van der Waals surface area contributed by atoms with Crippen LogP contribution in [-0.4, -0.2) is 87.9 Å². The molecule has 4 aromatic rings. The molecule has 8 rings (SSSR count). The minimum atomic E-state index is -0.489. The van der Waals surface area contributed by atoms with Crippen LogP contribution in [0.2, 0.25) is 5.02 Å². The van der Waals surface area contributed by atoms with E-state index in [0.29, 0.717) is 34.0 Å². The quantitative estimate of drug-likeness (QED) is 0.223. The van der Waals surface area contributed by atoms with Gasteiger partial charge in [0, 0.05) is 66.9 Å². The van der Waals surface area contributed by atoms with E-state index in [4.69, 9.17) is 26.3 Å². The molecule has 4 fully saturated rings. The maximum Gasteiger partial charge on any atom is 0.319 e. The van der Waals surface area contributed by atoms with Gasteiger partial charge in [0.15, 0.2) is 5.82 Å². The number of fused-ring (bicyclic) bond motifs is 2. The molecule has 0 unspecified atom stereocenters. The molecule has 240 valence electrons. The number of hydrogen-bond acceptors (Lipinski definition) is 7. The Kier molecular flexibility index (Phi) is 7.21. The van der Waals surface area contributed by atoms with Crippen molar-refractivity contribution in [1.82, 2.24) is 29.5 Å². The summed E-state index contributed by atoms with van der Waals surface area (Å²) in [4.78, 5) is 28.3. The van der Waals surface area contributed by atoms with E-state index in [1.165, 1.54) is 18.9 Å². The van der Waals surface area contributed by atoms with Gasteiger partial charge in [-0.25, -0.2) is 4.39 Å². The number of likely N-dealkylation sites (tertiary alicyclic amines) is 2. The smallest absolute Gasteiger partial charge is 0.319 e. The van der Waals surface area contributed by atoms with Gasteiger partial charge in [-0.1, -0.05) is 30.3 Å². The van der Waals surface area contributed by atoms with Gasteiger partial charge in [0.2, 0.25) is 5.91 Å². The fraction of sp³-hybridized carbons (Fsp3) is 0.486. The van der Waals surface area contributed by atoms with E-state index >= 15 is 4.39 Å². The van der Waals surface area contributed by atoms with E-state index < -0.39 is 5.82 Å². The molecule has 46 heavy (non-hydrogen) atoms. The molecular formula is C35H39ClFN7O2. The van der Waals surface area contributed by atoms with E-state index in [2.05, 4.69) is 21.5 Å². The lowest BCUT2D eigenvalue weighted by Gasteiger charge is -2.54. The van der Waals surface area contributed by atoms with Crippen molar-refractivity contribution in [2.45, 2.75) is 38.5 Å². The number of hydrogen-bond donors (Lipinski definition) is 0. The Hall–Kier alpha value is -3.76. The number of amides is 1. The number of piperidine rings is 1. The molecule has 1 saturated carbocycles. The normalized spacial score (nSPS) is 20.4. The number of benzene rings is 2. The van der Waals surface area contributed by atoms with Gasteiger partial charge in [-0.05, 0) is 75.4 Å². The maximum absolute atomic E-state index is 16.8. The van der Waals surface area contributed by atoms with Crippen molar-refractivity contribution < 1.29 is 13.9 Å². The molecule has 3 saturated heterocycles. The van der Waals surface area contributed by atoms with Crippen molar-refractivity contribution >= 4 is 45.1 Å². The van der Waals surface area contributed by atoms with Crippen LogP contribution >= 0.6 is 11.6 Å². The zero-order chi connectivity index (χ0) is 31.6. The Labute approximate surface area is 273 Å². The predicted molar refractivity (Wildman–Crippen MR) is 178 cm³/mol. The number of anilines is 1. The molecule has 2 aromatic heterocycles. The summed E-state index contributed by atoms with van der Waals surface area (Å²) in [5.74, 6) is 0.138. The summed E-state index contributed by atoms with van der Waals surface area (Å²) in [6, 6.07) is 7.73. The summed E-state index contributed by atoms with van der Waals surface area (Å²) >= 11 is 6.92. The third-order valence-electron chi connectivity index (χ3n) is 10.8. The monoisotopic (exact) mass is 643 g/mol. The van der Waals surface area contributed by atoms with Crippen LogP contribution in [0.15, 0.2) is 43.1 Å². The lowest BCUT2D eigenvalue weighted by atomic mass is 9.72. The molecule has 2 aromatic carbocycles. The summed E-state index contributed by atoms with van der Waals surface area (Å²) in [5, 5.41) is 6.08. The standard InChI is InChI=1S/C35H39ClFN7O2/c1-3-28(45)44-20-34(21-44)11-15-43(16-12-34)32-24-17-26(36)29(23-7-6-8-27-25(23)18-38-41(27)2)30(37)31(24)39-33(40-32)46-22-35(9-10-35)19-42-13-4-5-14-42/h3,6-8,17-18H,1,4-5,9-16,19-22H2,2H3. The lowest BCUT2D eigenvalue weighted by molar-refractivity contribution is -0.139. The number of ether oxygens (including phenoxy) is 1. The number of aryl methyl sites for hydroxylation is 1. The van der Waals surface area contributed by atoms with E-state index in [0.717, 1.165) is 82.4 Å². The highest BCUT2D eigenvalue weighted by atomic mass is 35.5. The second-order valence-corrected chi connectivity index (χ2v) is 14.3. The van der Waals surface area contributed by atoms with E-state index in [9.17, 15) is 4.79 Å². The fourth-order valence-corrected chi connectivity index (χ4v) is 8.12. The SMILES string of the molecule is C=CC(=O)N1CC2(CCN(c3nc(OCC4(CN5CCCC5)CC4)nc4c(F)c(-c5cccc6c5cnn6C)c(Cl)cc34)CC2)C1. The van der Waals surface area contributed by atoms with Crippen LogP contribution in [0, 0.1) is 16.6 Å². The van der Waals surface area contributed by atoms with E-state index in [1.54, 1.807) is 16.9 Å². The van der Waals surface area contributed by atoms with Gasteiger partial charge >= 0.3 is 6.01 Å². The lowest BCUT2D eigenvalue weighted by Crippen LogP contribution is -2.61. The summed E-state index contributed by atoms with van der Waals surface area (Å²) in [6.07, 6.45) is 9.69. The molecule has 3 aliphatic heterocycles. The van der Waals surface area contributed by atoms with Crippen LogP contribution in [0.3, 0.4) is 0 Å². The van der Waals surface area contributed by atoms with Crippen molar-refractivity contribution in [2.75, 3.05) is 57.3 Å². The second kappa shape index (κ2) is 11.2. The van der Waals surface area contributed by atoms with Crippen LogP contribution in [0.5, 0.6) is 6.01 Å². The van der Waals surface area contributed by atoms with Gasteiger partial charge < -0.3 is 19.4 Å². The molecule has 11 heteroatoms. The topological polar surface area (TPSA) is 79.6 Å². The van der Waals surface area contributed by atoms with Gasteiger partial charge in [0.05, 0.1) is 23.3 Å². The summed E-state index contributed by atoms with van der Waals surface area (Å²) in [7, 11) is 1.87. The van der Waals surface area contributed by atoms with Crippen LogP contribution in [0.4, 0.5) is 10.2 Å². The van der Waals surface area contributed by atoms with E-state index in [1.807, 2.05) is 30.1 Å². The zero-order valence-corrected chi connectivity index (χ0v) is 27.0. The minimum absolute atomic E-state index is 0.0160. The number of halogens is 2. The van der Waals surface area contributed by atoms with Crippen LogP contribution < -0.4 is 9.64 Å². The Morgan fingerprint density at radius 1 is 1.09 bits per heavy atom. The molecular weight excluding hydrogens is 605 g/mol. The average molecular weight is 644 g/mol. The number of carbonyl (C=O) groups is 1. The molecule has 9 nitrogen and oxygen atoms in total. The highest BCUT2D eigenvalue weighted by molar-refractivity contribution is 6.35. The van der Waals surface area contributed by atoms with Crippen molar-refractivity contribution in [2.24, 2.45) is 17.9 Å². The summed E-state index contributed by atoms with van der Waals surface area (Å²) in [6.45, 7) is 10.4. The molecule has 4 aliphatic rings. The molecule has 0 bridgehead atoms. The summed E-state index contributed by atoms with van der Waals surface area (Å²) in [5.41, 5.74) is 2.28. The third-order valence-corrected chi connectivity index (χ3v) is 11.1. The summed E-state index contributed by atoms with van der Waals surface area (Å²) < 4.78 is 25.0. The highest BCUT2D eigenvalue weighted by Crippen LogP contribution is 2.48. The predicted octanol–water partition coefficient (Wildman–Crippen LogP) is 5.85. The zero-order valence-electron chi connectivity index (χ0n) is 26.3. The largest absolute Gasteiger partial charge is 0.463 e. The van der Waals surface area contributed by atoms with Crippen molar-refractivity contribution in [3.05, 3.63) is 54.0 Å². The first kappa shape index (κ1) is 29.6. The van der Waals surface area contributed by atoms with Crippen LogP contribution in [0.25, 0.3) is 32.9 Å². The Bertz CT molecular complexity index is 1850. The van der Waals surface area contributed by atoms with Gasteiger partial charge in [-0.2, -0.15) is 15.1 Å². The van der Waals surface area contributed by atoms with Gasteiger partial charge in [0.1, 0.15) is 11.3 Å². The molecule has 5 heterocycles. The number of aromatic nitrogens is 4. The Morgan fingerprint density at radius 3 is 2.57 bits per heavy atom. The second-order valence-electron chi connectivity index (χ2n) is 13.9. The molecule has 0 atom stereocenters. The number of nitrogens with zero attached hydrogens (tertiary/aromatic N) is 7. The average Bonchev–Trinajstić information content (AvgIpc) is 3.41. The van der Waals surface area contributed by atoms with Crippen LogP contribution in [0.1, 0.15) is 38.5 Å². The first-order chi connectivity index (χ1) is 22.3. The van der Waals surface area contributed by atoms with Crippen molar-refractivity contribution in [3.8, 4) is 17.1 Å². The highest BCUT2D eigenvalue weighted by Gasteiger charge is 2.47. The molecule has 1 aliphatic carbocycles.